The molecule has 1 aromatic heterocycles. The second-order valence-electron chi connectivity index (χ2n) is 8.62. The molecule has 31 heavy (non-hydrogen) atoms. The predicted molar refractivity (Wildman–Crippen MR) is 130 cm³/mol. The van der Waals surface area contributed by atoms with Crippen molar-refractivity contribution in [1.82, 2.24) is 9.55 Å². The van der Waals surface area contributed by atoms with Crippen molar-refractivity contribution >= 4 is 35.0 Å². The van der Waals surface area contributed by atoms with Crippen LogP contribution in [0.25, 0.3) is 0 Å². The highest BCUT2D eigenvalue weighted by Crippen LogP contribution is 2.37. The molecule has 0 saturated heterocycles. The van der Waals surface area contributed by atoms with E-state index in [1.54, 1.807) is 24.9 Å². The predicted octanol–water partition coefficient (Wildman–Crippen LogP) is 7.65. The maximum absolute atomic E-state index is 6.36. The Labute approximate surface area is 201 Å². The van der Waals surface area contributed by atoms with E-state index in [-0.39, 0.29) is 0 Å². The fourth-order valence-electron chi connectivity index (χ4n) is 4.15. The van der Waals surface area contributed by atoms with Gasteiger partial charge in [-0.15, -0.1) is 0 Å². The number of ether oxygens (including phenoxy) is 2. The third-order valence-electron chi connectivity index (χ3n) is 5.94. The van der Waals surface area contributed by atoms with Crippen molar-refractivity contribution in [1.29, 1.82) is 0 Å². The summed E-state index contributed by atoms with van der Waals surface area (Å²) in [6, 6.07) is 5.63. The zero-order valence-electron chi connectivity index (χ0n) is 19.0. The third kappa shape index (κ3) is 6.64. The molecular formula is C24H34Cl2N2O2S. The molecule has 1 heterocycles. The Bertz CT molecular complexity index is 841. The molecule has 1 saturated carbocycles. The molecule has 1 aliphatic rings. The Balaban J connectivity index is 1.73. The quantitative estimate of drug-likeness (QED) is 0.360. The molecule has 1 aliphatic carbocycles. The van der Waals surface area contributed by atoms with Crippen molar-refractivity contribution in [3.05, 3.63) is 39.8 Å². The molecule has 0 N–H and O–H groups in total. The van der Waals surface area contributed by atoms with Crippen LogP contribution in [-0.4, -0.2) is 29.1 Å². The summed E-state index contributed by atoms with van der Waals surface area (Å²) in [5.41, 5.74) is 1.09. The molecule has 0 aliphatic heterocycles. The van der Waals surface area contributed by atoms with E-state index in [2.05, 4.69) is 25.5 Å². The highest BCUT2D eigenvalue weighted by Gasteiger charge is 2.31. The van der Waals surface area contributed by atoms with Gasteiger partial charge < -0.3 is 14.0 Å². The zero-order valence-corrected chi connectivity index (χ0v) is 21.4. The lowest BCUT2D eigenvalue weighted by atomic mass is 9.95. The molecule has 0 atom stereocenters. The number of hydrogen-bond acceptors (Lipinski definition) is 4. The van der Waals surface area contributed by atoms with E-state index in [0.717, 1.165) is 53.5 Å². The minimum absolute atomic E-state index is 0.314. The van der Waals surface area contributed by atoms with Crippen molar-refractivity contribution in [3.63, 3.8) is 0 Å². The minimum Gasteiger partial charge on any atom is -0.353 e. The lowest BCUT2D eigenvalue weighted by molar-refractivity contribution is -0.233. The Morgan fingerprint density at radius 1 is 1.06 bits per heavy atom. The molecule has 0 bridgehead atoms. The third-order valence-corrected chi connectivity index (χ3v) is 7.52. The second-order valence-corrected chi connectivity index (χ2v) is 10.6. The molecule has 0 radical (unpaired) electrons. The van der Waals surface area contributed by atoms with E-state index in [4.69, 9.17) is 37.7 Å². The first kappa shape index (κ1) is 24.9. The summed E-state index contributed by atoms with van der Waals surface area (Å²) in [6.45, 7) is 4.95. The minimum atomic E-state index is -0.443. The number of aromatic nitrogens is 2. The lowest BCUT2D eigenvalue weighted by Gasteiger charge is -2.34. The topological polar surface area (TPSA) is 36.3 Å². The van der Waals surface area contributed by atoms with Gasteiger partial charge in [0.15, 0.2) is 5.79 Å². The summed E-state index contributed by atoms with van der Waals surface area (Å²) in [4.78, 5) is 5.98. The first-order valence-electron chi connectivity index (χ1n) is 11.2. The SMILES string of the molecule is COC1(OCCc2nc(C(C)C)c(Sc3cc(Cl)cc(Cl)c3)n2C)CCCCCCC1. The fraction of sp³-hybridized carbons (Fsp3) is 0.625. The molecule has 0 spiro atoms. The molecule has 3 rings (SSSR count). The van der Waals surface area contributed by atoms with Gasteiger partial charge in [-0.3, -0.25) is 0 Å². The first-order valence-corrected chi connectivity index (χ1v) is 12.8. The molecule has 1 aromatic carbocycles. The van der Waals surface area contributed by atoms with Gasteiger partial charge in [0, 0.05) is 48.4 Å². The van der Waals surface area contributed by atoms with E-state index in [1.807, 2.05) is 12.1 Å². The van der Waals surface area contributed by atoms with E-state index >= 15 is 0 Å². The number of methoxy groups -OCH3 is 1. The van der Waals surface area contributed by atoms with Gasteiger partial charge in [0.2, 0.25) is 0 Å². The van der Waals surface area contributed by atoms with E-state index in [9.17, 15) is 0 Å². The Morgan fingerprint density at radius 3 is 2.26 bits per heavy atom. The summed E-state index contributed by atoms with van der Waals surface area (Å²) in [6.07, 6.45) is 8.87. The first-order chi connectivity index (χ1) is 14.8. The van der Waals surface area contributed by atoms with Crippen LogP contribution in [-0.2, 0) is 22.9 Å². The van der Waals surface area contributed by atoms with Gasteiger partial charge >= 0.3 is 0 Å². The number of halogens is 2. The van der Waals surface area contributed by atoms with Gasteiger partial charge in [-0.1, -0.05) is 68.1 Å². The Hall–Kier alpha value is -0.720. The second kappa shape index (κ2) is 11.4. The number of hydrogen-bond donors (Lipinski definition) is 0. The number of benzene rings is 1. The van der Waals surface area contributed by atoms with Gasteiger partial charge in [-0.2, -0.15) is 0 Å². The molecule has 7 heteroatoms. The highest BCUT2D eigenvalue weighted by molar-refractivity contribution is 7.99. The van der Waals surface area contributed by atoms with Crippen LogP contribution in [0.2, 0.25) is 10.0 Å². The molecule has 1 fully saturated rings. The monoisotopic (exact) mass is 484 g/mol. The molecule has 0 unspecified atom stereocenters. The Morgan fingerprint density at radius 2 is 1.68 bits per heavy atom. The average molecular weight is 486 g/mol. The standard InChI is InChI=1S/C24H34Cl2N2O2S/c1-17(2)22-23(31-20-15-18(25)14-19(26)16-20)28(3)21(27-22)10-13-30-24(29-4)11-8-6-5-7-9-12-24/h14-17H,5-13H2,1-4H3. The summed E-state index contributed by atoms with van der Waals surface area (Å²) in [5, 5.41) is 2.40. The Kier molecular flexibility index (Phi) is 9.18. The van der Waals surface area contributed by atoms with Crippen molar-refractivity contribution in [2.75, 3.05) is 13.7 Å². The molecule has 4 nitrogen and oxygen atoms in total. The van der Waals surface area contributed by atoms with Crippen molar-refractivity contribution < 1.29 is 9.47 Å². The lowest BCUT2D eigenvalue weighted by Crippen LogP contribution is -2.36. The largest absolute Gasteiger partial charge is 0.353 e. The van der Waals surface area contributed by atoms with Crippen molar-refractivity contribution in [3.8, 4) is 0 Å². The molecule has 0 amide bonds. The van der Waals surface area contributed by atoms with Crippen LogP contribution in [0.1, 0.15) is 76.2 Å². The van der Waals surface area contributed by atoms with Gasteiger partial charge in [-0.05, 0) is 37.0 Å². The molecular weight excluding hydrogens is 451 g/mol. The number of imidazole rings is 1. The summed E-state index contributed by atoms with van der Waals surface area (Å²) in [5.74, 6) is 0.895. The van der Waals surface area contributed by atoms with E-state index in [1.165, 1.54) is 19.3 Å². The summed E-state index contributed by atoms with van der Waals surface area (Å²) < 4.78 is 14.4. The van der Waals surface area contributed by atoms with Crippen molar-refractivity contribution in [2.45, 2.75) is 86.8 Å². The number of nitrogens with zero attached hydrogens (tertiary/aromatic N) is 2. The molecule has 2 aromatic rings. The van der Waals surface area contributed by atoms with Crippen LogP contribution in [0, 0.1) is 0 Å². The maximum Gasteiger partial charge on any atom is 0.167 e. The van der Waals surface area contributed by atoms with Crippen LogP contribution < -0.4 is 0 Å². The van der Waals surface area contributed by atoms with E-state index < -0.39 is 5.79 Å². The van der Waals surface area contributed by atoms with E-state index in [0.29, 0.717) is 22.6 Å². The average Bonchev–Trinajstić information content (AvgIpc) is 2.99. The van der Waals surface area contributed by atoms with Gasteiger partial charge in [0.25, 0.3) is 0 Å². The summed E-state index contributed by atoms with van der Waals surface area (Å²) >= 11 is 14.1. The van der Waals surface area contributed by atoms with Gasteiger partial charge in [0.05, 0.1) is 12.3 Å². The van der Waals surface area contributed by atoms with Crippen LogP contribution in [0.5, 0.6) is 0 Å². The van der Waals surface area contributed by atoms with Crippen molar-refractivity contribution in [2.24, 2.45) is 7.05 Å². The maximum atomic E-state index is 6.36. The highest BCUT2D eigenvalue weighted by atomic mass is 35.5. The normalized spacial score (nSPS) is 17.0. The van der Waals surface area contributed by atoms with Crippen LogP contribution >= 0.6 is 35.0 Å². The van der Waals surface area contributed by atoms with Crippen LogP contribution in [0.15, 0.2) is 28.1 Å². The van der Waals surface area contributed by atoms with Crippen LogP contribution in [0.4, 0.5) is 0 Å². The van der Waals surface area contributed by atoms with Gasteiger partial charge in [0.1, 0.15) is 10.9 Å². The number of rotatable bonds is 8. The molecule has 172 valence electrons. The van der Waals surface area contributed by atoms with Crippen LogP contribution in [0.3, 0.4) is 0 Å². The summed E-state index contributed by atoms with van der Waals surface area (Å²) in [7, 11) is 3.86. The smallest absolute Gasteiger partial charge is 0.167 e. The van der Waals surface area contributed by atoms with Gasteiger partial charge in [-0.25, -0.2) is 4.98 Å². The zero-order chi connectivity index (χ0) is 22.4. The fourth-order valence-corrected chi connectivity index (χ4v) is 6.03.